The van der Waals surface area contributed by atoms with Gasteiger partial charge >= 0.3 is 0 Å². The van der Waals surface area contributed by atoms with E-state index < -0.39 is 0 Å². The molecular formula is C18H18N4O4S. The first kappa shape index (κ1) is 18.7. The Labute approximate surface area is 159 Å². The van der Waals surface area contributed by atoms with Crippen molar-refractivity contribution in [2.45, 2.75) is 26.7 Å². The molecule has 1 amide bonds. The summed E-state index contributed by atoms with van der Waals surface area (Å²) >= 11 is 1.21. The standard InChI is InChI=1S/C18H18N4O4S/c1-3-25-13-6-4-12(5-7-13)17-21-16(26-22-17)9-8-15(24)20-18-19-14(10-27-18)11(2)23/h4-7,10H,3,8-9H2,1-2H3,(H,19,20,24). The zero-order chi connectivity index (χ0) is 19.2. The third-order valence-electron chi connectivity index (χ3n) is 3.57. The zero-order valence-corrected chi connectivity index (χ0v) is 15.7. The van der Waals surface area contributed by atoms with E-state index in [9.17, 15) is 9.59 Å². The Bertz CT molecular complexity index is 933. The molecule has 0 atom stereocenters. The van der Waals surface area contributed by atoms with Crippen molar-refractivity contribution in [2.75, 3.05) is 11.9 Å². The highest BCUT2D eigenvalue weighted by Crippen LogP contribution is 2.20. The minimum atomic E-state index is -0.236. The fourth-order valence-corrected chi connectivity index (χ4v) is 3.00. The first-order valence-corrected chi connectivity index (χ1v) is 9.25. The van der Waals surface area contributed by atoms with Crippen LogP contribution >= 0.6 is 11.3 Å². The van der Waals surface area contributed by atoms with Gasteiger partial charge in [0.15, 0.2) is 10.9 Å². The van der Waals surface area contributed by atoms with Gasteiger partial charge in [0.1, 0.15) is 11.4 Å². The molecule has 2 aromatic heterocycles. The number of ketones is 1. The van der Waals surface area contributed by atoms with Crippen molar-refractivity contribution >= 4 is 28.2 Å². The molecule has 27 heavy (non-hydrogen) atoms. The average Bonchev–Trinajstić information content (AvgIpc) is 3.30. The van der Waals surface area contributed by atoms with E-state index in [0.717, 1.165) is 11.3 Å². The summed E-state index contributed by atoms with van der Waals surface area (Å²) < 4.78 is 10.6. The van der Waals surface area contributed by atoms with Crippen molar-refractivity contribution in [2.24, 2.45) is 0 Å². The Morgan fingerprint density at radius 3 is 2.67 bits per heavy atom. The Morgan fingerprint density at radius 2 is 2.00 bits per heavy atom. The lowest BCUT2D eigenvalue weighted by atomic mass is 10.2. The monoisotopic (exact) mass is 386 g/mol. The van der Waals surface area contributed by atoms with Crippen molar-refractivity contribution in [3.8, 4) is 17.1 Å². The van der Waals surface area contributed by atoms with Crippen molar-refractivity contribution in [1.29, 1.82) is 0 Å². The van der Waals surface area contributed by atoms with Crippen molar-refractivity contribution in [1.82, 2.24) is 15.1 Å². The SMILES string of the molecule is CCOc1ccc(-c2noc(CCC(=O)Nc3nc(C(C)=O)cs3)n2)cc1. The van der Waals surface area contributed by atoms with Gasteiger partial charge in [-0.25, -0.2) is 4.98 Å². The molecule has 0 saturated carbocycles. The first-order chi connectivity index (χ1) is 13.0. The van der Waals surface area contributed by atoms with E-state index in [1.807, 2.05) is 31.2 Å². The summed E-state index contributed by atoms with van der Waals surface area (Å²) in [4.78, 5) is 31.6. The molecule has 0 aliphatic rings. The van der Waals surface area contributed by atoms with Crippen LogP contribution in [0.15, 0.2) is 34.2 Å². The predicted octanol–water partition coefficient (Wildman–Crippen LogP) is 3.37. The lowest BCUT2D eigenvalue weighted by Crippen LogP contribution is -2.12. The van der Waals surface area contributed by atoms with Gasteiger partial charge in [-0.05, 0) is 31.2 Å². The number of aromatic nitrogens is 3. The van der Waals surface area contributed by atoms with Crippen LogP contribution in [0.5, 0.6) is 5.75 Å². The number of nitrogens with zero attached hydrogens (tertiary/aromatic N) is 3. The topological polar surface area (TPSA) is 107 Å². The van der Waals surface area contributed by atoms with E-state index in [0.29, 0.717) is 35.6 Å². The quantitative estimate of drug-likeness (QED) is 0.591. The number of hydrogen-bond donors (Lipinski definition) is 1. The van der Waals surface area contributed by atoms with Gasteiger partial charge in [0.25, 0.3) is 0 Å². The van der Waals surface area contributed by atoms with Crippen molar-refractivity contribution < 1.29 is 18.8 Å². The smallest absolute Gasteiger partial charge is 0.227 e. The first-order valence-electron chi connectivity index (χ1n) is 8.37. The molecule has 9 heteroatoms. The van der Waals surface area contributed by atoms with Crippen LogP contribution in [0.1, 0.15) is 36.6 Å². The molecule has 8 nitrogen and oxygen atoms in total. The van der Waals surface area contributed by atoms with Crippen LogP contribution in [0.2, 0.25) is 0 Å². The predicted molar refractivity (Wildman–Crippen MR) is 100.0 cm³/mol. The van der Waals surface area contributed by atoms with Gasteiger partial charge in [-0.1, -0.05) is 5.16 Å². The van der Waals surface area contributed by atoms with Gasteiger partial charge in [0.05, 0.1) is 6.61 Å². The largest absolute Gasteiger partial charge is 0.494 e. The molecule has 3 rings (SSSR count). The highest BCUT2D eigenvalue weighted by molar-refractivity contribution is 7.14. The summed E-state index contributed by atoms with van der Waals surface area (Å²) in [5.74, 6) is 1.23. The lowest BCUT2D eigenvalue weighted by molar-refractivity contribution is -0.116. The molecule has 0 bridgehead atoms. The van der Waals surface area contributed by atoms with Crippen LogP contribution < -0.4 is 10.1 Å². The second kappa shape index (κ2) is 8.54. The second-order valence-electron chi connectivity index (χ2n) is 5.61. The maximum absolute atomic E-state index is 12.0. The number of thiazole rings is 1. The van der Waals surface area contributed by atoms with Gasteiger partial charge in [-0.3, -0.25) is 9.59 Å². The van der Waals surface area contributed by atoms with Gasteiger partial charge in [-0.2, -0.15) is 4.98 Å². The normalized spacial score (nSPS) is 10.6. The lowest BCUT2D eigenvalue weighted by Gasteiger charge is -2.02. The minimum Gasteiger partial charge on any atom is -0.494 e. The molecule has 0 aliphatic heterocycles. The zero-order valence-electron chi connectivity index (χ0n) is 14.9. The number of amides is 1. The van der Waals surface area contributed by atoms with Crippen LogP contribution in [-0.2, 0) is 11.2 Å². The number of carbonyl (C=O) groups is 2. The van der Waals surface area contributed by atoms with E-state index in [1.54, 1.807) is 5.38 Å². The molecule has 0 unspecified atom stereocenters. The Morgan fingerprint density at radius 1 is 1.22 bits per heavy atom. The number of carbonyl (C=O) groups excluding carboxylic acids is 2. The molecule has 0 spiro atoms. The van der Waals surface area contributed by atoms with E-state index in [2.05, 4.69) is 20.4 Å². The number of ether oxygens (including phenoxy) is 1. The van der Waals surface area contributed by atoms with Crippen LogP contribution in [-0.4, -0.2) is 33.4 Å². The molecule has 0 fully saturated rings. The number of aryl methyl sites for hydroxylation is 1. The maximum Gasteiger partial charge on any atom is 0.227 e. The number of nitrogens with one attached hydrogen (secondary N) is 1. The van der Waals surface area contributed by atoms with E-state index in [1.165, 1.54) is 18.3 Å². The molecule has 1 aromatic carbocycles. The van der Waals surface area contributed by atoms with Crippen LogP contribution in [0, 0.1) is 0 Å². The third kappa shape index (κ3) is 4.98. The Kier molecular flexibility index (Phi) is 5.92. The number of rotatable bonds is 8. The molecule has 1 N–H and O–H groups in total. The minimum absolute atomic E-state index is 0.139. The molecule has 3 aromatic rings. The summed E-state index contributed by atoms with van der Waals surface area (Å²) in [6, 6.07) is 7.38. The van der Waals surface area contributed by atoms with E-state index in [-0.39, 0.29) is 18.1 Å². The molecule has 0 aliphatic carbocycles. The van der Waals surface area contributed by atoms with Crippen LogP contribution in [0.3, 0.4) is 0 Å². The fraction of sp³-hybridized carbons (Fsp3) is 0.278. The number of Topliss-reactive ketones (excluding diaryl/α,β-unsaturated/α-hetero) is 1. The highest BCUT2D eigenvalue weighted by atomic mass is 32.1. The maximum atomic E-state index is 12.0. The van der Waals surface area contributed by atoms with Crippen molar-refractivity contribution in [3.63, 3.8) is 0 Å². The van der Waals surface area contributed by atoms with E-state index >= 15 is 0 Å². The van der Waals surface area contributed by atoms with Gasteiger partial charge in [0.2, 0.25) is 17.6 Å². The molecule has 0 radical (unpaired) electrons. The Hall–Kier alpha value is -3.07. The average molecular weight is 386 g/mol. The van der Waals surface area contributed by atoms with Gasteiger partial charge in [0, 0.05) is 30.7 Å². The summed E-state index contributed by atoms with van der Waals surface area (Å²) in [5.41, 5.74) is 1.14. The van der Waals surface area contributed by atoms with Crippen molar-refractivity contribution in [3.05, 3.63) is 41.2 Å². The molecule has 0 saturated heterocycles. The number of anilines is 1. The molecule has 140 valence electrons. The summed E-state index contributed by atoms with van der Waals surface area (Å²) in [5, 5.41) is 8.60. The Balaban J connectivity index is 1.54. The number of benzene rings is 1. The van der Waals surface area contributed by atoms with Crippen LogP contribution in [0.25, 0.3) is 11.4 Å². The third-order valence-corrected chi connectivity index (χ3v) is 4.33. The summed E-state index contributed by atoms with van der Waals surface area (Å²) in [6.45, 7) is 3.95. The summed E-state index contributed by atoms with van der Waals surface area (Å²) in [6.07, 6.45) is 0.473. The fourth-order valence-electron chi connectivity index (χ4n) is 2.24. The van der Waals surface area contributed by atoms with Crippen LogP contribution in [0.4, 0.5) is 5.13 Å². The highest BCUT2D eigenvalue weighted by Gasteiger charge is 2.13. The molecular weight excluding hydrogens is 368 g/mol. The van der Waals surface area contributed by atoms with Gasteiger partial charge < -0.3 is 14.6 Å². The van der Waals surface area contributed by atoms with E-state index in [4.69, 9.17) is 9.26 Å². The van der Waals surface area contributed by atoms with Gasteiger partial charge in [-0.15, -0.1) is 11.3 Å². The number of hydrogen-bond acceptors (Lipinski definition) is 8. The molecule has 2 heterocycles. The second-order valence-corrected chi connectivity index (χ2v) is 6.47. The summed E-state index contributed by atoms with van der Waals surface area (Å²) in [7, 11) is 0.